The molecule has 1 aliphatic carbocycles. The van der Waals surface area contributed by atoms with Crippen molar-refractivity contribution < 1.29 is 14.6 Å². The van der Waals surface area contributed by atoms with Crippen LogP contribution in [0.3, 0.4) is 0 Å². The predicted octanol–water partition coefficient (Wildman–Crippen LogP) is 3.10. The molecule has 1 N–H and O–H groups in total. The van der Waals surface area contributed by atoms with Gasteiger partial charge < -0.3 is 14.6 Å². The minimum atomic E-state index is -0.768. The van der Waals surface area contributed by atoms with Gasteiger partial charge in [0.25, 0.3) is 0 Å². The normalized spacial score (nSPS) is 27.9. The maximum atomic E-state index is 11.0. The van der Waals surface area contributed by atoms with Crippen LogP contribution in [0.1, 0.15) is 38.2 Å². The van der Waals surface area contributed by atoms with E-state index >= 15 is 0 Å². The summed E-state index contributed by atoms with van der Waals surface area (Å²) in [5, 5.41) is 11.0. The third-order valence-electron chi connectivity index (χ3n) is 4.14. The Hall–Kier alpha value is -1.22. The van der Waals surface area contributed by atoms with Crippen LogP contribution in [0.4, 0.5) is 0 Å². The molecule has 0 aliphatic heterocycles. The molecular weight excluding hydrogens is 228 g/mol. The average molecular weight is 250 g/mol. The van der Waals surface area contributed by atoms with Gasteiger partial charge in [0, 0.05) is 11.6 Å². The second kappa shape index (κ2) is 5.19. The highest BCUT2D eigenvalue weighted by Gasteiger charge is 2.39. The lowest BCUT2D eigenvalue weighted by atomic mass is 9.72. The van der Waals surface area contributed by atoms with Gasteiger partial charge in [0.05, 0.1) is 19.8 Å². The molecule has 0 bridgehead atoms. The number of rotatable bonds is 3. The molecule has 0 spiro atoms. The number of hydrogen-bond donors (Lipinski definition) is 1. The molecule has 3 nitrogen and oxygen atoms in total. The van der Waals surface area contributed by atoms with Crippen LogP contribution in [-0.4, -0.2) is 19.3 Å². The van der Waals surface area contributed by atoms with Gasteiger partial charge in [-0.1, -0.05) is 19.8 Å². The zero-order valence-electron chi connectivity index (χ0n) is 11.4. The first-order valence-electron chi connectivity index (χ1n) is 6.56. The molecule has 3 heteroatoms. The van der Waals surface area contributed by atoms with Crippen molar-refractivity contribution in [2.75, 3.05) is 14.2 Å². The molecule has 0 amide bonds. The Bertz CT molecular complexity index is 416. The van der Waals surface area contributed by atoms with Gasteiger partial charge in [-0.05, 0) is 30.9 Å². The van der Waals surface area contributed by atoms with Crippen molar-refractivity contribution in [1.82, 2.24) is 0 Å². The highest BCUT2D eigenvalue weighted by Crippen LogP contribution is 2.45. The number of aliphatic hydroxyl groups is 1. The molecule has 1 aliphatic rings. The Balaban J connectivity index is 2.42. The molecule has 100 valence electrons. The first-order chi connectivity index (χ1) is 8.61. The zero-order valence-corrected chi connectivity index (χ0v) is 11.4. The fourth-order valence-electron chi connectivity index (χ4n) is 2.89. The van der Waals surface area contributed by atoms with Gasteiger partial charge in [-0.15, -0.1) is 0 Å². The average Bonchev–Trinajstić information content (AvgIpc) is 2.41. The highest BCUT2D eigenvalue weighted by molar-refractivity contribution is 5.44. The monoisotopic (exact) mass is 250 g/mol. The van der Waals surface area contributed by atoms with Crippen molar-refractivity contribution in [3.8, 4) is 11.5 Å². The highest BCUT2D eigenvalue weighted by atomic mass is 16.5. The molecule has 1 saturated carbocycles. The minimum absolute atomic E-state index is 0.258. The Kier molecular flexibility index (Phi) is 3.81. The first-order valence-corrected chi connectivity index (χ1v) is 6.56. The van der Waals surface area contributed by atoms with E-state index in [9.17, 15) is 5.11 Å². The molecule has 0 heterocycles. The van der Waals surface area contributed by atoms with E-state index in [0.717, 1.165) is 30.6 Å². The lowest BCUT2D eigenvalue weighted by Gasteiger charge is -2.39. The molecule has 2 atom stereocenters. The van der Waals surface area contributed by atoms with Crippen molar-refractivity contribution in [2.45, 2.75) is 38.2 Å². The lowest BCUT2D eigenvalue weighted by molar-refractivity contribution is -0.0485. The topological polar surface area (TPSA) is 38.7 Å². The number of ether oxygens (including phenoxy) is 2. The van der Waals surface area contributed by atoms with Crippen LogP contribution in [0.5, 0.6) is 11.5 Å². The molecule has 0 saturated heterocycles. The number of hydrogen-bond acceptors (Lipinski definition) is 3. The standard InChI is InChI=1S/C15H22O3/c1-11-6-4-5-9-15(11,16)13-8-7-12(17-2)10-14(13)18-3/h7-8,10-11,16H,4-6,9H2,1-3H3. The van der Waals surface area contributed by atoms with Crippen LogP contribution in [0.2, 0.25) is 0 Å². The van der Waals surface area contributed by atoms with E-state index in [2.05, 4.69) is 6.92 Å². The van der Waals surface area contributed by atoms with E-state index in [1.165, 1.54) is 6.42 Å². The SMILES string of the molecule is COc1ccc(C2(O)CCCCC2C)c(OC)c1. The molecule has 2 rings (SSSR count). The summed E-state index contributed by atoms with van der Waals surface area (Å²) >= 11 is 0. The van der Waals surface area contributed by atoms with Crippen molar-refractivity contribution in [3.05, 3.63) is 23.8 Å². The van der Waals surface area contributed by atoms with E-state index < -0.39 is 5.60 Å². The maximum Gasteiger partial charge on any atom is 0.128 e. The molecule has 1 aromatic carbocycles. The molecular formula is C15H22O3. The second-order valence-corrected chi connectivity index (χ2v) is 5.14. The van der Waals surface area contributed by atoms with E-state index in [1.54, 1.807) is 14.2 Å². The third kappa shape index (κ3) is 2.19. The van der Waals surface area contributed by atoms with Gasteiger partial charge in [-0.2, -0.15) is 0 Å². The van der Waals surface area contributed by atoms with Crippen LogP contribution >= 0.6 is 0 Å². The summed E-state index contributed by atoms with van der Waals surface area (Å²) in [5.41, 5.74) is 0.119. The van der Waals surface area contributed by atoms with E-state index in [-0.39, 0.29) is 5.92 Å². The molecule has 0 radical (unpaired) electrons. The van der Waals surface area contributed by atoms with Gasteiger partial charge in [0.15, 0.2) is 0 Å². The van der Waals surface area contributed by atoms with Gasteiger partial charge >= 0.3 is 0 Å². The fraction of sp³-hybridized carbons (Fsp3) is 0.600. The Morgan fingerprint density at radius 3 is 2.61 bits per heavy atom. The maximum absolute atomic E-state index is 11.0. The molecule has 1 aromatic rings. The van der Waals surface area contributed by atoms with Crippen molar-refractivity contribution in [2.24, 2.45) is 5.92 Å². The fourth-order valence-corrected chi connectivity index (χ4v) is 2.89. The first kappa shape index (κ1) is 13.2. The van der Waals surface area contributed by atoms with Crippen LogP contribution < -0.4 is 9.47 Å². The van der Waals surface area contributed by atoms with Crippen LogP contribution in [0.25, 0.3) is 0 Å². The van der Waals surface area contributed by atoms with Gasteiger partial charge in [0.1, 0.15) is 11.5 Å². The summed E-state index contributed by atoms with van der Waals surface area (Å²) in [4.78, 5) is 0. The predicted molar refractivity (Wildman–Crippen MR) is 71.1 cm³/mol. The van der Waals surface area contributed by atoms with Gasteiger partial charge in [-0.25, -0.2) is 0 Å². The summed E-state index contributed by atoms with van der Waals surface area (Å²) in [6.07, 6.45) is 4.13. The van der Waals surface area contributed by atoms with Crippen LogP contribution in [-0.2, 0) is 5.60 Å². The van der Waals surface area contributed by atoms with Gasteiger partial charge in [-0.3, -0.25) is 0 Å². The van der Waals surface area contributed by atoms with Crippen LogP contribution in [0, 0.1) is 5.92 Å². The molecule has 0 aromatic heterocycles. The van der Waals surface area contributed by atoms with E-state index in [1.807, 2.05) is 18.2 Å². The third-order valence-corrected chi connectivity index (χ3v) is 4.14. The van der Waals surface area contributed by atoms with Crippen molar-refractivity contribution in [3.63, 3.8) is 0 Å². The molecule has 18 heavy (non-hydrogen) atoms. The van der Waals surface area contributed by atoms with E-state index in [0.29, 0.717) is 5.75 Å². The number of benzene rings is 1. The quantitative estimate of drug-likeness (QED) is 0.896. The van der Waals surface area contributed by atoms with Crippen molar-refractivity contribution >= 4 is 0 Å². The minimum Gasteiger partial charge on any atom is -0.497 e. The summed E-state index contributed by atoms with van der Waals surface area (Å²) in [6.45, 7) is 2.11. The zero-order chi connectivity index (χ0) is 13.2. The Labute approximate surface area is 109 Å². The largest absolute Gasteiger partial charge is 0.497 e. The summed E-state index contributed by atoms with van der Waals surface area (Å²) in [5.74, 6) is 1.72. The summed E-state index contributed by atoms with van der Waals surface area (Å²) < 4.78 is 10.6. The van der Waals surface area contributed by atoms with Crippen LogP contribution in [0.15, 0.2) is 18.2 Å². The van der Waals surface area contributed by atoms with Gasteiger partial charge in [0.2, 0.25) is 0 Å². The summed E-state index contributed by atoms with van der Waals surface area (Å²) in [7, 11) is 3.27. The second-order valence-electron chi connectivity index (χ2n) is 5.14. The summed E-state index contributed by atoms with van der Waals surface area (Å²) in [6, 6.07) is 5.66. The molecule has 1 fully saturated rings. The Morgan fingerprint density at radius 2 is 2.00 bits per heavy atom. The molecule has 2 unspecified atom stereocenters. The number of methoxy groups -OCH3 is 2. The van der Waals surface area contributed by atoms with E-state index in [4.69, 9.17) is 9.47 Å². The van der Waals surface area contributed by atoms with Crippen molar-refractivity contribution in [1.29, 1.82) is 0 Å². The lowest BCUT2D eigenvalue weighted by Crippen LogP contribution is -2.36. The Morgan fingerprint density at radius 1 is 1.22 bits per heavy atom. The smallest absolute Gasteiger partial charge is 0.128 e.